The summed E-state index contributed by atoms with van der Waals surface area (Å²) < 4.78 is 2.05. The van der Waals surface area contributed by atoms with Crippen LogP contribution < -0.4 is 11.5 Å². The number of pyridine rings is 2. The Morgan fingerprint density at radius 3 is 2.31 bits per heavy atom. The Labute approximate surface area is 189 Å². The van der Waals surface area contributed by atoms with Crippen LogP contribution in [0.1, 0.15) is 11.4 Å². The molecule has 5 rings (SSSR count). The van der Waals surface area contributed by atoms with E-state index in [0.29, 0.717) is 11.5 Å². The second-order valence-corrected chi connectivity index (χ2v) is 8.36. The molecular weight excluding hydrogens is 418 g/mol. The summed E-state index contributed by atoms with van der Waals surface area (Å²) in [6.07, 6.45) is 5.52. The van der Waals surface area contributed by atoms with Gasteiger partial charge in [-0.3, -0.25) is 9.55 Å². The lowest BCUT2D eigenvalue weighted by molar-refractivity contribution is 1.04. The molecule has 8 heteroatoms. The van der Waals surface area contributed by atoms with Crippen LogP contribution in [0.4, 0.5) is 11.5 Å². The van der Waals surface area contributed by atoms with Crippen LogP contribution in [-0.2, 0) is 0 Å². The van der Waals surface area contributed by atoms with Crippen LogP contribution in [0.3, 0.4) is 0 Å². The first-order chi connectivity index (χ1) is 15.5. The predicted molar refractivity (Wildman–Crippen MR) is 129 cm³/mol. The van der Waals surface area contributed by atoms with Gasteiger partial charge < -0.3 is 11.5 Å². The Kier molecular flexibility index (Phi) is 4.91. The molecule has 0 amide bonds. The molecule has 5 aromatic rings. The first-order valence-electron chi connectivity index (χ1n) is 10.1. The molecule has 1 aromatic carbocycles. The fourth-order valence-corrected chi connectivity index (χ4v) is 4.25. The fourth-order valence-electron chi connectivity index (χ4n) is 3.50. The number of nitrogens with zero attached hydrogens (tertiary/aromatic N) is 5. The summed E-state index contributed by atoms with van der Waals surface area (Å²) in [4.78, 5) is 18.0. The highest BCUT2D eigenvalue weighted by molar-refractivity contribution is 7.13. The van der Waals surface area contributed by atoms with Gasteiger partial charge in [0.05, 0.1) is 17.6 Å². The maximum absolute atomic E-state index is 6.13. The molecular formula is C24H21N7S. The number of nitrogen functional groups attached to an aromatic ring is 2. The summed E-state index contributed by atoms with van der Waals surface area (Å²) in [5.41, 5.74) is 19.0. The van der Waals surface area contributed by atoms with E-state index in [1.54, 1.807) is 17.5 Å². The maximum atomic E-state index is 6.13. The van der Waals surface area contributed by atoms with Gasteiger partial charge in [-0.2, -0.15) is 0 Å². The molecule has 32 heavy (non-hydrogen) atoms. The zero-order valence-electron chi connectivity index (χ0n) is 17.6. The minimum absolute atomic E-state index is 0.331. The SMILES string of the molecule is Cc1ccc(-n2cc(-c3nc(C)cs3)nc2-c2ccc(-c3ccnc(N)c3N)cc2)cn1. The zero-order chi connectivity index (χ0) is 22.2. The topological polar surface area (TPSA) is 109 Å². The highest BCUT2D eigenvalue weighted by Crippen LogP contribution is 2.33. The third-order valence-electron chi connectivity index (χ3n) is 5.19. The van der Waals surface area contributed by atoms with Crippen molar-refractivity contribution in [3.8, 4) is 38.9 Å². The Morgan fingerprint density at radius 2 is 1.62 bits per heavy atom. The molecule has 0 atom stereocenters. The van der Waals surface area contributed by atoms with E-state index in [1.807, 2.05) is 78.7 Å². The van der Waals surface area contributed by atoms with Gasteiger partial charge in [-0.15, -0.1) is 11.3 Å². The minimum atomic E-state index is 0.331. The lowest BCUT2D eigenvalue weighted by atomic mass is 10.0. The van der Waals surface area contributed by atoms with Crippen LogP contribution in [0, 0.1) is 13.8 Å². The number of hydrogen-bond donors (Lipinski definition) is 2. The third kappa shape index (κ3) is 3.61. The minimum Gasteiger partial charge on any atom is -0.395 e. The molecule has 4 heterocycles. The van der Waals surface area contributed by atoms with Crippen molar-refractivity contribution >= 4 is 22.8 Å². The number of nitrogens with two attached hydrogens (primary N) is 2. The van der Waals surface area contributed by atoms with Crippen LogP contribution in [0.25, 0.3) is 38.9 Å². The highest BCUT2D eigenvalue weighted by Gasteiger charge is 2.16. The first kappa shape index (κ1) is 19.9. The second-order valence-electron chi connectivity index (χ2n) is 7.51. The molecule has 158 valence electrons. The smallest absolute Gasteiger partial charge is 0.147 e. The summed E-state index contributed by atoms with van der Waals surface area (Å²) in [5, 5.41) is 2.92. The van der Waals surface area contributed by atoms with Gasteiger partial charge in [0, 0.05) is 40.3 Å². The van der Waals surface area contributed by atoms with E-state index in [4.69, 9.17) is 16.5 Å². The standard InChI is InChI=1S/C24H21N7S/c1-14-3-8-18(11-28-14)31-12-20(24-29-15(2)13-32-24)30-23(31)17-6-4-16(5-7-17)19-9-10-27-22(26)21(19)25/h3-13H,25H2,1-2H3,(H2,26,27). The number of thiazole rings is 1. The van der Waals surface area contributed by atoms with Gasteiger partial charge in [0.25, 0.3) is 0 Å². The van der Waals surface area contributed by atoms with Gasteiger partial charge in [-0.1, -0.05) is 24.3 Å². The largest absolute Gasteiger partial charge is 0.395 e. The lowest BCUT2D eigenvalue weighted by Gasteiger charge is -2.10. The summed E-state index contributed by atoms with van der Waals surface area (Å²) in [5.74, 6) is 1.14. The van der Waals surface area contributed by atoms with Crippen LogP contribution in [0.2, 0.25) is 0 Å². The van der Waals surface area contributed by atoms with Crippen LogP contribution in [-0.4, -0.2) is 24.5 Å². The molecule has 0 saturated heterocycles. The number of hydrogen-bond acceptors (Lipinski definition) is 7. The zero-order valence-corrected chi connectivity index (χ0v) is 18.5. The van der Waals surface area contributed by atoms with Crippen LogP contribution >= 0.6 is 11.3 Å². The normalized spacial score (nSPS) is 11.1. The Bertz CT molecular complexity index is 1400. The average Bonchev–Trinajstić information content (AvgIpc) is 3.43. The van der Waals surface area contributed by atoms with Crippen molar-refractivity contribution in [3.05, 3.63) is 77.8 Å². The molecule has 0 aliphatic heterocycles. The average molecular weight is 440 g/mol. The number of aryl methyl sites for hydroxylation is 2. The number of rotatable bonds is 4. The van der Waals surface area contributed by atoms with Gasteiger partial charge in [0.15, 0.2) is 0 Å². The molecule has 0 aliphatic carbocycles. The van der Waals surface area contributed by atoms with Crippen molar-refractivity contribution in [3.63, 3.8) is 0 Å². The highest BCUT2D eigenvalue weighted by atomic mass is 32.1. The number of benzene rings is 1. The van der Waals surface area contributed by atoms with E-state index in [1.165, 1.54) is 0 Å². The van der Waals surface area contributed by atoms with E-state index >= 15 is 0 Å². The van der Waals surface area contributed by atoms with E-state index in [2.05, 4.69) is 15.0 Å². The number of aromatic nitrogens is 5. The Balaban J connectivity index is 1.61. The van der Waals surface area contributed by atoms with Gasteiger partial charge in [0.2, 0.25) is 0 Å². The number of anilines is 2. The van der Waals surface area contributed by atoms with Crippen molar-refractivity contribution in [1.29, 1.82) is 0 Å². The molecule has 7 nitrogen and oxygen atoms in total. The van der Waals surface area contributed by atoms with Crippen molar-refractivity contribution in [2.45, 2.75) is 13.8 Å². The van der Waals surface area contributed by atoms with Crippen molar-refractivity contribution < 1.29 is 0 Å². The van der Waals surface area contributed by atoms with Gasteiger partial charge in [-0.05, 0) is 37.6 Å². The summed E-state index contributed by atoms with van der Waals surface area (Å²) in [6, 6.07) is 14.0. The molecule has 4 N–H and O–H groups in total. The molecule has 0 unspecified atom stereocenters. The van der Waals surface area contributed by atoms with Crippen molar-refractivity contribution in [1.82, 2.24) is 24.5 Å². The summed E-state index contributed by atoms with van der Waals surface area (Å²) >= 11 is 1.59. The van der Waals surface area contributed by atoms with Gasteiger partial charge in [-0.25, -0.2) is 15.0 Å². The van der Waals surface area contributed by atoms with Crippen LogP contribution in [0.5, 0.6) is 0 Å². The van der Waals surface area contributed by atoms with Gasteiger partial charge in [0.1, 0.15) is 22.3 Å². The van der Waals surface area contributed by atoms with Crippen molar-refractivity contribution in [2.24, 2.45) is 0 Å². The molecule has 0 aliphatic rings. The first-order valence-corrected chi connectivity index (χ1v) is 10.9. The molecule has 0 radical (unpaired) electrons. The Morgan fingerprint density at radius 1 is 0.844 bits per heavy atom. The number of imidazole rings is 1. The quantitative estimate of drug-likeness (QED) is 0.412. The predicted octanol–water partition coefficient (Wildman–Crippen LogP) is 4.90. The Hall–Kier alpha value is -4.04. The van der Waals surface area contributed by atoms with E-state index in [0.717, 1.165) is 50.3 Å². The van der Waals surface area contributed by atoms with E-state index < -0.39 is 0 Å². The van der Waals surface area contributed by atoms with E-state index in [9.17, 15) is 0 Å². The fraction of sp³-hybridized carbons (Fsp3) is 0.0833. The molecule has 0 saturated carbocycles. The third-order valence-corrected chi connectivity index (χ3v) is 6.18. The summed E-state index contributed by atoms with van der Waals surface area (Å²) in [6.45, 7) is 3.96. The molecule has 0 fully saturated rings. The maximum Gasteiger partial charge on any atom is 0.147 e. The van der Waals surface area contributed by atoms with Crippen LogP contribution in [0.15, 0.2) is 66.4 Å². The monoisotopic (exact) mass is 439 g/mol. The van der Waals surface area contributed by atoms with E-state index in [-0.39, 0.29) is 0 Å². The molecule has 4 aromatic heterocycles. The second kappa shape index (κ2) is 7.90. The summed E-state index contributed by atoms with van der Waals surface area (Å²) in [7, 11) is 0. The lowest BCUT2D eigenvalue weighted by Crippen LogP contribution is -2.00. The van der Waals surface area contributed by atoms with Crippen molar-refractivity contribution in [2.75, 3.05) is 11.5 Å². The molecule has 0 spiro atoms. The van der Waals surface area contributed by atoms with Gasteiger partial charge >= 0.3 is 0 Å². The molecule has 0 bridgehead atoms.